The molecule has 7 nitrogen and oxygen atoms in total. The number of ether oxygens (including phenoxy) is 2. The van der Waals surface area contributed by atoms with E-state index in [0.29, 0.717) is 18.3 Å². The van der Waals surface area contributed by atoms with Crippen LogP contribution in [0.25, 0.3) is 0 Å². The van der Waals surface area contributed by atoms with Crippen LogP contribution in [-0.2, 0) is 27.4 Å². The van der Waals surface area contributed by atoms with E-state index in [4.69, 9.17) is 14.6 Å². The molecule has 1 aromatic heterocycles. The van der Waals surface area contributed by atoms with Gasteiger partial charge >= 0.3 is 5.97 Å². The normalized spacial score (nSPS) is 22.3. The zero-order valence-electron chi connectivity index (χ0n) is 11.3. The third-order valence-electron chi connectivity index (χ3n) is 3.55. The second-order valence-corrected chi connectivity index (χ2v) is 5.36. The van der Waals surface area contributed by atoms with E-state index < -0.39 is 5.97 Å². The summed E-state index contributed by atoms with van der Waals surface area (Å²) in [6, 6.07) is 0. The molecule has 0 aromatic carbocycles. The van der Waals surface area contributed by atoms with Crippen molar-refractivity contribution in [3.8, 4) is 0 Å². The first-order chi connectivity index (χ1) is 9.72. The van der Waals surface area contributed by atoms with Gasteiger partial charge in [-0.15, -0.1) is 0 Å². The number of carboxylic acids is 1. The maximum atomic E-state index is 10.8. The van der Waals surface area contributed by atoms with Crippen molar-refractivity contribution in [1.29, 1.82) is 0 Å². The van der Waals surface area contributed by atoms with E-state index in [2.05, 4.69) is 10.1 Å². The van der Waals surface area contributed by atoms with Crippen LogP contribution in [0, 0.1) is 0 Å². The lowest BCUT2D eigenvalue weighted by Crippen LogP contribution is -2.17. The van der Waals surface area contributed by atoms with Crippen LogP contribution in [0.4, 0.5) is 0 Å². The van der Waals surface area contributed by atoms with Crippen LogP contribution >= 0.6 is 0 Å². The summed E-state index contributed by atoms with van der Waals surface area (Å²) in [6.07, 6.45) is 4.44. The lowest BCUT2D eigenvalue weighted by Gasteiger charge is -2.09. The average Bonchev–Trinajstić information content (AvgIpc) is 2.99. The Balaban J connectivity index is 1.59. The molecule has 1 atom stereocenters. The summed E-state index contributed by atoms with van der Waals surface area (Å²) in [7, 11) is 0. The Kier molecular flexibility index (Phi) is 3.98. The van der Waals surface area contributed by atoms with E-state index in [1.165, 1.54) is 4.68 Å². The van der Waals surface area contributed by atoms with Crippen LogP contribution in [0.1, 0.15) is 43.3 Å². The van der Waals surface area contributed by atoms with Crippen LogP contribution in [0.15, 0.2) is 0 Å². The topological polar surface area (TPSA) is 86.5 Å². The van der Waals surface area contributed by atoms with E-state index in [-0.39, 0.29) is 19.3 Å². The number of nitrogens with zero attached hydrogens (tertiary/aromatic N) is 3. The fourth-order valence-corrected chi connectivity index (χ4v) is 2.33. The number of carboxylic acid groups (broad SMARTS) is 1. The molecule has 1 saturated heterocycles. The van der Waals surface area contributed by atoms with Crippen molar-refractivity contribution < 1.29 is 19.4 Å². The first-order valence-corrected chi connectivity index (χ1v) is 7.07. The van der Waals surface area contributed by atoms with Crippen LogP contribution in [0.3, 0.4) is 0 Å². The van der Waals surface area contributed by atoms with E-state index in [1.807, 2.05) is 0 Å². The lowest BCUT2D eigenvalue weighted by molar-refractivity contribution is -0.138. The predicted octanol–water partition coefficient (Wildman–Crippen LogP) is 0.936. The first kappa shape index (κ1) is 13.5. The van der Waals surface area contributed by atoms with Crippen molar-refractivity contribution >= 4 is 5.97 Å². The van der Waals surface area contributed by atoms with Gasteiger partial charge in [-0.2, -0.15) is 5.10 Å². The highest BCUT2D eigenvalue weighted by Crippen LogP contribution is 2.38. The molecule has 0 spiro atoms. The maximum Gasteiger partial charge on any atom is 0.325 e. The summed E-state index contributed by atoms with van der Waals surface area (Å²) in [6.45, 7) is 1.44. The molecule has 3 rings (SSSR count). The minimum atomic E-state index is -0.919. The van der Waals surface area contributed by atoms with Crippen LogP contribution in [-0.4, -0.2) is 45.2 Å². The molecule has 110 valence electrons. The van der Waals surface area contributed by atoms with E-state index in [0.717, 1.165) is 38.1 Å². The number of aromatic nitrogens is 3. The summed E-state index contributed by atoms with van der Waals surface area (Å²) < 4.78 is 12.5. The van der Waals surface area contributed by atoms with E-state index in [1.54, 1.807) is 0 Å². The van der Waals surface area contributed by atoms with Crippen molar-refractivity contribution in [1.82, 2.24) is 14.8 Å². The van der Waals surface area contributed by atoms with E-state index in [9.17, 15) is 4.79 Å². The highest BCUT2D eigenvalue weighted by molar-refractivity contribution is 5.66. The van der Waals surface area contributed by atoms with Gasteiger partial charge in [0.25, 0.3) is 0 Å². The fraction of sp³-hybridized carbons (Fsp3) is 0.769. The van der Waals surface area contributed by atoms with Gasteiger partial charge in [0.15, 0.2) is 11.6 Å². The lowest BCUT2D eigenvalue weighted by atomic mass is 10.2. The van der Waals surface area contributed by atoms with Gasteiger partial charge in [0.05, 0.1) is 12.7 Å². The zero-order chi connectivity index (χ0) is 13.9. The molecule has 1 aliphatic heterocycles. The van der Waals surface area contributed by atoms with Gasteiger partial charge in [0.1, 0.15) is 13.2 Å². The molecule has 20 heavy (non-hydrogen) atoms. The predicted molar refractivity (Wildman–Crippen MR) is 68.3 cm³/mol. The Morgan fingerprint density at radius 2 is 2.30 bits per heavy atom. The van der Waals surface area contributed by atoms with Gasteiger partial charge < -0.3 is 14.6 Å². The minimum absolute atomic E-state index is 0.161. The van der Waals surface area contributed by atoms with E-state index >= 15 is 0 Å². The van der Waals surface area contributed by atoms with Crippen molar-refractivity contribution in [2.24, 2.45) is 0 Å². The molecule has 0 unspecified atom stereocenters. The Morgan fingerprint density at radius 3 is 2.95 bits per heavy atom. The molecule has 0 radical (unpaired) electrons. The molecular formula is C13H19N3O4. The maximum absolute atomic E-state index is 10.8. The number of carbonyl (C=O) groups is 1. The number of rotatable bonds is 7. The quantitative estimate of drug-likeness (QED) is 0.800. The Labute approximate surface area is 116 Å². The second-order valence-electron chi connectivity index (χ2n) is 5.36. The van der Waals surface area contributed by atoms with Crippen molar-refractivity contribution in [3.05, 3.63) is 11.6 Å². The molecule has 1 aliphatic carbocycles. The molecule has 2 aliphatic rings. The molecule has 0 amide bonds. The Hall–Kier alpha value is -1.47. The molecule has 2 fully saturated rings. The Bertz CT molecular complexity index is 478. The summed E-state index contributed by atoms with van der Waals surface area (Å²) >= 11 is 0. The van der Waals surface area contributed by atoms with Crippen molar-refractivity contribution in [3.63, 3.8) is 0 Å². The molecule has 1 N–H and O–H groups in total. The van der Waals surface area contributed by atoms with Crippen molar-refractivity contribution in [2.75, 3.05) is 13.2 Å². The summed E-state index contributed by atoms with van der Waals surface area (Å²) in [5, 5.41) is 13.2. The van der Waals surface area contributed by atoms with Crippen LogP contribution < -0.4 is 0 Å². The van der Waals surface area contributed by atoms with Gasteiger partial charge in [0, 0.05) is 12.5 Å². The molecule has 1 saturated carbocycles. The average molecular weight is 281 g/mol. The van der Waals surface area contributed by atoms with Crippen LogP contribution in [0.5, 0.6) is 0 Å². The fourth-order valence-electron chi connectivity index (χ4n) is 2.33. The third-order valence-corrected chi connectivity index (χ3v) is 3.55. The summed E-state index contributed by atoms with van der Waals surface area (Å²) in [5.74, 6) is 0.828. The summed E-state index contributed by atoms with van der Waals surface area (Å²) in [5.41, 5.74) is 0. The SMILES string of the molecule is O=C(O)Cn1nc(C2CC2)nc1COC[C@H]1CCCO1. The minimum Gasteiger partial charge on any atom is -0.480 e. The summed E-state index contributed by atoms with van der Waals surface area (Å²) in [4.78, 5) is 15.3. The molecule has 0 bridgehead atoms. The highest BCUT2D eigenvalue weighted by atomic mass is 16.5. The molecule has 7 heteroatoms. The number of hydrogen-bond acceptors (Lipinski definition) is 5. The van der Waals surface area contributed by atoms with Gasteiger partial charge in [-0.25, -0.2) is 9.67 Å². The van der Waals surface area contributed by atoms with Crippen LogP contribution in [0.2, 0.25) is 0 Å². The smallest absolute Gasteiger partial charge is 0.325 e. The first-order valence-electron chi connectivity index (χ1n) is 7.07. The monoisotopic (exact) mass is 281 g/mol. The van der Waals surface area contributed by atoms with Gasteiger partial charge in [-0.05, 0) is 25.7 Å². The highest BCUT2D eigenvalue weighted by Gasteiger charge is 2.29. The largest absolute Gasteiger partial charge is 0.480 e. The Morgan fingerprint density at radius 1 is 1.45 bits per heavy atom. The van der Waals surface area contributed by atoms with Crippen molar-refractivity contribution in [2.45, 2.75) is 50.9 Å². The van der Waals surface area contributed by atoms with Gasteiger partial charge in [0.2, 0.25) is 0 Å². The molecule has 2 heterocycles. The van der Waals surface area contributed by atoms with Gasteiger partial charge in [-0.1, -0.05) is 0 Å². The number of hydrogen-bond donors (Lipinski definition) is 1. The van der Waals surface area contributed by atoms with Gasteiger partial charge in [-0.3, -0.25) is 4.79 Å². The molecule has 1 aromatic rings. The molecular weight excluding hydrogens is 262 g/mol. The second kappa shape index (κ2) is 5.88. The standard InChI is InChI=1S/C13H19N3O4/c17-12(18)6-16-11(14-13(15-16)9-3-4-9)8-19-7-10-2-1-5-20-10/h9-10H,1-8H2,(H,17,18)/t10-/m1/s1. The third kappa shape index (κ3) is 3.34. The zero-order valence-corrected chi connectivity index (χ0v) is 11.3. The number of aliphatic carboxylic acids is 1.